The van der Waals surface area contributed by atoms with Gasteiger partial charge in [-0.1, -0.05) is 12.8 Å². The second kappa shape index (κ2) is 9.72. The summed E-state index contributed by atoms with van der Waals surface area (Å²) in [6.45, 7) is 1.76. The molecule has 3 fully saturated rings. The van der Waals surface area contributed by atoms with Crippen molar-refractivity contribution in [2.45, 2.75) is 63.1 Å². The Morgan fingerprint density at radius 2 is 1.88 bits per heavy atom. The van der Waals surface area contributed by atoms with Crippen LogP contribution in [0.1, 0.15) is 44.9 Å². The van der Waals surface area contributed by atoms with E-state index in [0.29, 0.717) is 12.0 Å². The van der Waals surface area contributed by atoms with E-state index in [-0.39, 0.29) is 42.8 Å². The first-order valence-corrected chi connectivity index (χ1v) is 9.38. The molecule has 1 saturated carbocycles. The molecule has 3 heterocycles. The van der Waals surface area contributed by atoms with Crippen LogP contribution in [0.15, 0.2) is 18.5 Å². The number of nitrogens with one attached hydrogen (secondary N) is 2. The van der Waals surface area contributed by atoms with Crippen LogP contribution >= 0.6 is 24.8 Å². The van der Waals surface area contributed by atoms with Crippen LogP contribution in [0.4, 0.5) is 5.95 Å². The molecule has 4 unspecified atom stereocenters. The number of anilines is 1. The van der Waals surface area contributed by atoms with E-state index in [4.69, 9.17) is 0 Å². The number of carbonyl (C=O) groups is 1. The van der Waals surface area contributed by atoms with Gasteiger partial charge in [0.1, 0.15) is 0 Å². The van der Waals surface area contributed by atoms with Gasteiger partial charge in [0.05, 0.1) is 6.04 Å². The molecular formula is C18H29Cl2N5O. The Labute approximate surface area is 167 Å². The summed E-state index contributed by atoms with van der Waals surface area (Å²) in [4.78, 5) is 23.5. The molecule has 1 aromatic rings. The Hall–Kier alpha value is -1.11. The highest BCUT2D eigenvalue weighted by Crippen LogP contribution is 2.33. The molecule has 4 atom stereocenters. The number of hydrogen-bond acceptors (Lipinski definition) is 5. The minimum absolute atomic E-state index is 0. The molecule has 1 amide bonds. The lowest BCUT2D eigenvalue weighted by Crippen LogP contribution is -2.52. The number of carbonyl (C=O) groups excluding carboxylic acids is 1. The molecule has 4 rings (SSSR count). The van der Waals surface area contributed by atoms with Crippen molar-refractivity contribution in [3.8, 4) is 0 Å². The molecule has 2 N–H and O–H groups in total. The molecule has 0 spiro atoms. The van der Waals surface area contributed by atoms with Gasteiger partial charge in [-0.05, 0) is 44.1 Å². The summed E-state index contributed by atoms with van der Waals surface area (Å²) in [6, 6.07) is 2.59. The smallest absolute Gasteiger partial charge is 0.237 e. The summed E-state index contributed by atoms with van der Waals surface area (Å²) >= 11 is 0. The molecule has 2 saturated heterocycles. The van der Waals surface area contributed by atoms with Crippen LogP contribution in [-0.2, 0) is 4.79 Å². The highest BCUT2D eigenvalue weighted by molar-refractivity contribution is 5.85. The predicted octanol–water partition coefficient (Wildman–Crippen LogP) is 2.33. The van der Waals surface area contributed by atoms with Crippen molar-refractivity contribution in [3.63, 3.8) is 0 Å². The quantitative estimate of drug-likeness (QED) is 0.812. The maximum absolute atomic E-state index is 12.7. The van der Waals surface area contributed by atoms with Crippen molar-refractivity contribution in [2.75, 3.05) is 18.0 Å². The Morgan fingerprint density at radius 1 is 1.12 bits per heavy atom. The fourth-order valence-electron chi connectivity index (χ4n) is 4.55. The van der Waals surface area contributed by atoms with Crippen LogP contribution < -0.4 is 15.5 Å². The molecule has 0 radical (unpaired) electrons. The Kier molecular flexibility index (Phi) is 7.92. The first kappa shape index (κ1) is 21.2. The third-order valence-corrected chi connectivity index (χ3v) is 5.78. The van der Waals surface area contributed by atoms with Crippen LogP contribution in [-0.4, -0.2) is 47.1 Å². The second-order valence-corrected chi connectivity index (χ2v) is 7.45. The summed E-state index contributed by atoms with van der Waals surface area (Å²) in [5, 5.41) is 6.85. The standard InChI is InChI=1S/C18H27N5O.2ClH/c24-17(16-11-13-5-1-2-7-15(13)22-16)21-14-6-3-10-23(12-14)18-19-8-4-9-20-18;;/h4,8-9,13-16,22H,1-3,5-7,10-12H2,(H,21,24);2*1H. The van der Waals surface area contributed by atoms with E-state index in [1.54, 1.807) is 12.4 Å². The van der Waals surface area contributed by atoms with Crippen molar-refractivity contribution >= 4 is 36.7 Å². The van der Waals surface area contributed by atoms with E-state index >= 15 is 0 Å². The number of aromatic nitrogens is 2. The van der Waals surface area contributed by atoms with E-state index in [1.807, 2.05) is 6.07 Å². The fourth-order valence-corrected chi connectivity index (χ4v) is 4.55. The van der Waals surface area contributed by atoms with Gasteiger partial charge < -0.3 is 15.5 Å². The third kappa shape index (κ3) is 4.78. The zero-order valence-electron chi connectivity index (χ0n) is 15.0. The monoisotopic (exact) mass is 401 g/mol. The molecular weight excluding hydrogens is 373 g/mol. The maximum atomic E-state index is 12.7. The van der Waals surface area contributed by atoms with Crippen LogP contribution in [0.5, 0.6) is 0 Å². The Bertz CT molecular complexity index is 562. The van der Waals surface area contributed by atoms with Crippen molar-refractivity contribution in [2.24, 2.45) is 5.92 Å². The number of fused-ring (bicyclic) bond motifs is 1. The van der Waals surface area contributed by atoms with Crippen LogP contribution in [0.2, 0.25) is 0 Å². The molecule has 2 aliphatic heterocycles. The van der Waals surface area contributed by atoms with Crippen LogP contribution in [0, 0.1) is 5.92 Å². The van der Waals surface area contributed by atoms with E-state index in [1.165, 1.54) is 25.7 Å². The number of rotatable bonds is 3. The maximum Gasteiger partial charge on any atom is 0.237 e. The van der Waals surface area contributed by atoms with Crippen LogP contribution in [0.25, 0.3) is 0 Å². The first-order chi connectivity index (χ1) is 11.8. The highest BCUT2D eigenvalue weighted by atomic mass is 35.5. The van der Waals surface area contributed by atoms with Gasteiger partial charge in [-0.2, -0.15) is 0 Å². The van der Waals surface area contributed by atoms with Gasteiger partial charge >= 0.3 is 0 Å². The molecule has 1 aromatic heterocycles. The minimum Gasteiger partial charge on any atom is -0.350 e. The van der Waals surface area contributed by atoms with Gasteiger partial charge in [-0.15, -0.1) is 24.8 Å². The molecule has 0 aromatic carbocycles. The van der Waals surface area contributed by atoms with Gasteiger partial charge in [0, 0.05) is 37.6 Å². The SMILES string of the molecule is Cl.Cl.O=C(NC1CCCN(c2ncccn2)C1)C1CC2CCCCC2N1. The summed E-state index contributed by atoms with van der Waals surface area (Å²) in [5.74, 6) is 1.65. The molecule has 8 heteroatoms. The number of hydrogen-bond donors (Lipinski definition) is 2. The highest BCUT2D eigenvalue weighted by Gasteiger charge is 2.38. The Morgan fingerprint density at radius 3 is 2.65 bits per heavy atom. The number of nitrogens with zero attached hydrogens (tertiary/aromatic N) is 3. The van der Waals surface area contributed by atoms with Gasteiger partial charge in [0.2, 0.25) is 11.9 Å². The van der Waals surface area contributed by atoms with Crippen molar-refractivity contribution in [1.29, 1.82) is 0 Å². The largest absolute Gasteiger partial charge is 0.350 e. The molecule has 1 aliphatic carbocycles. The summed E-state index contributed by atoms with van der Waals surface area (Å²) in [5.41, 5.74) is 0. The summed E-state index contributed by atoms with van der Waals surface area (Å²) < 4.78 is 0. The van der Waals surface area contributed by atoms with Gasteiger partial charge in [0.25, 0.3) is 0 Å². The van der Waals surface area contributed by atoms with Gasteiger partial charge in [-0.25, -0.2) is 9.97 Å². The molecule has 26 heavy (non-hydrogen) atoms. The molecule has 3 aliphatic rings. The van der Waals surface area contributed by atoms with E-state index in [2.05, 4.69) is 25.5 Å². The molecule has 0 bridgehead atoms. The number of amides is 1. The Balaban J connectivity index is 0.00000121. The average molecular weight is 402 g/mol. The first-order valence-electron chi connectivity index (χ1n) is 9.38. The fraction of sp³-hybridized carbons (Fsp3) is 0.722. The summed E-state index contributed by atoms with van der Waals surface area (Å²) in [6.07, 6.45) is 11.8. The second-order valence-electron chi connectivity index (χ2n) is 7.45. The van der Waals surface area contributed by atoms with E-state index in [9.17, 15) is 4.79 Å². The van der Waals surface area contributed by atoms with Gasteiger partial charge in [-0.3, -0.25) is 4.79 Å². The molecule has 146 valence electrons. The number of halogens is 2. The van der Waals surface area contributed by atoms with Crippen molar-refractivity contribution in [3.05, 3.63) is 18.5 Å². The lowest BCUT2D eigenvalue weighted by molar-refractivity contribution is -0.123. The average Bonchev–Trinajstić information content (AvgIpc) is 3.07. The zero-order valence-corrected chi connectivity index (χ0v) is 16.6. The molecule has 6 nitrogen and oxygen atoms in total. The van der Waals surface area contributed by atoms with Crippen LogP contribution in [0.3, 0.4) is 0 Å². The predicted molar refractivity (Wildman–Crippen MR) is 107 cm³/mol. The lowest BCUT2D eigenvalue weighted by Gasteiger charge is -2.33. The number of piperidine rings is 1. The topological polar surface area (TPSA) is 70.2 Å². The lowest BCUT2D eigenvalue weighted by atomic mass is 9.85. The van der Waals surface area contributed by atoms with Crippen molar-refractivity contribution in [1.82, 2.24) is 20.6 Å². The minimum atomic E-state index is 0. The van der Waals surface area contributed by atoms with E-state index < -0.39 is 0 Å². The van der Waals surface area contributed by atoms with Gasteiger partial charge in [0.15, 0.2) is 0 Å². The van der Waals surface area contributed by atoms with Crippen molar-refractivity contribution < 1.29 is 4.79 Å². The summed E-state index contributed by atoms with van der Waals surface area (Å²) in [7, 11) is 0. The third-order valence-electron chi connectivity index (χ3n) is 5.78. The zero-order chi connectivity index (χ0) is 16.4. The van der Waals surface area contributed by atoms with E-state index in [0.717, 1.165) is 38.3 Å². The normalized spacial score (nSPS) is 30.5.